The second-order valence-electron chi connectivity index (χ2n) is 7.08. The lowest BCUT2D eigenvalue weighted by molar-refractivity contribution is -0.139. The monoisotopic (exact) mass is 381 g/mol. The molecule has 0 aromatic carbocycles. The molecule has 3 heterocycles. The van der Waals surface area contributed by atoms with E-state index in [1.165, 1.54) is 0 Å². The molecular formula is C18H27N3O4S. The number of amides is 1. The van der Waals surface area contributed by atoms with Crippen molar-refractivity contribution in [3.8, 4) is 0 Å². The number of ether oxygens (including phenoxy) is 1. The van der Waals surface area contributed by atoms with E-state index in [9.17, 15) is 13.2 Å². The zero-order chi connectivity index (χ0) is 18.4. The number of sulfonamides is 1. The van der Waals surface area contributed by atoms with Gasteiger partial charge in [-0.15, -0.1) is 0 Å². The first-order chi connectivity index (χ1) is 12.5. The van der Waals surface area contributed by atoms with Gasteiger partial charge in [-0.3, -0.25) is 9.78 Å². The maximum absolute atomic E-state index is 12.5. The van der Waals surface area contributed by atoms with E-state index in [1.807, 2.05) is 11.0 Å². The molecule has 1 aromatic rings. The highest BCUT2D eigenvalue weighted by atomic mass is 32.2. The van der Waals surface area contributed by atoms with Crippen LogP contribution in [0.25, 0.3) is 0 Å². The highest BCUT2D eigenvalue weighted by Gasteiger charge is 2.30. The van der Waals surface area contributed by atoms with Crippen LogP contribution in [0.2, 0.25) is 0 Å². The number of nitrogens with one attached hydrogen (secondary N) is 1. The Labute approximate surface area is 155 Å². The highest BCUT2D eigenvalue weighted by Crippen LogP contribution is 2.23. The van der Waals surface area contributed by atoms with Gasteiger partial charge in [0.1, 0.15) is 0 Å². The van der Waals surface area contributed by atoms with Crippen LogP contribution < -0.4 is 4.72 Å². The van der Waals surface area contributed by atoms with Crippen molar-refractivity contribution in [1.82, 2.24) is 14.6 Å². The van der Waals surface area contributed by atoms with Gasteiger partial charge < -0.3 is 9.64 Å². The molecule has 2 aliphatic heterocycles. The molecule has 2 saturated heterocycles. The molecule has 0 radical (unpaired) electrons. The predicted molar refractivity (Wildman–Crippen MR) is 97.7 cm³/mol. The van der Waals surface area contributed by atoms with Crippen LogP contribution in [-0.2, 0) is 26.1 Å². The molecule has 0 atom stereocenters. The summed E-state index contributed by atoms with van der Waals surface area (Å²) in [5.74, 6) is 0.487. The van der Waals surface area contributed by atoms with Gasteiger partial charge in [0.05, 0.1) is 18.0 Å². The zero-order valence-corrected chi connectivity index (χ0v) is 15.8. The number of pyridine rings is 1. The number of aromatic nitrogens is 1. The fraction of sp³-hybridized carbons (Fsp3) is 0.667. The maximum Gasteiger partial charge on any atom is 0.225 e. The summed E-state index contributed by atoms with van der Waals surface area (Å²) in [6, 6.07) is 5.43. The molecule has 3 rings (SSSR count). The summed E-state index contributed by atoms with van der Waals surface area (Å²) in [4.78, 5) is 18.6. The Bertz CT molecular complexity index is 682. The Morgan fingerprint density at radius 3 is 2.58 bits per heavy atom. The van der Waals surface area contributed by atoms with Crippen LogP contribution in [0, 0.1) is 11.8 Å². The molecule has 0 saturated carbocycles. The van der Waals surface area contributed by atoms with Gasteiger partial charge in [-0.05, 0) is 43.7 Å². The Hall–Kier alpha value is -1.51. The Morgan fingerprint density at radius 2 is 1.92 bits per heavy atom. The standard InChI is InChI=1S/C18H27N3O4S/c22-18(16-6-11-25-12-7-16)21-9-4-15(5-10-21)14-26(23,24)20-13-17-3-1-2-8-19-17/h1-3,8,15-16,20H,4-7,9-14H2. The second-order valence-corrected chi connectivity index (χ2v) is 8.93. The molecule has 0 aliphatic carbocycles. The summed E-state index contributed by atoms with van der Waals surface area (Å²) >= 11 is 0. The fourth-order valence-corrected chi connectivity index (χ4v) is 5.02. The molecule has 7 nitrogen and oxygen atoms in total. The van der Waals surface area contributed by atoms with Crippen LogP contribution in [0.15, 0.2) is 24.4 Å². The molecule has 0 spiro atoms. The molecule has 1 amide bonds. The predicted octanol–water partition coefficient (Wildman–Crippen LogP) is 1.17. The van der Waals surface area contributed by atoms with E-state index in [0.29, 0.717) is 32.0 Å². The summed E-state index contributed by atoms with van der Waals surface area (Å²) in [7, 11) is -3.35. The fourth-order valence-electron chi connectivity index (χ4n) is 3.58. The van der Waals surface area contributed by atoms with E-state index in [2.05, 4.69) is 9.71 Å². The lowest BCUT2D eigenvalue weighted by Crippen LogP contribution is -2.44. The number of rotatable bonds is 6. The largest absolute Gasteiger partial charge is 0.381 e. The van der Waals surface area contributed by atoms with E-state index in [0.717, 1.165) is 25.7 Å². The summed E-state index contributed by atoms with van der Waals surface area (Å²) < 4.78 is 32.5. The van der Waals surface area contributed by atoms with Gasteiger partial charge in [0, 0.05) is 38.4 Å². The molecule has 144 valence electrons. The van der Waals surface area contributed by atoms with Crippen molar-refractivity contribution in [2.75, 3.05) is 32.1 Å². The van der Waals surface area contributed by atoms with Gasteiger partial charge in [-0.1, -0.05) is 6.07 Å². The second kappa shape index (κ2) is 8.92. The lowest BCUT2D eigenvalue weighted by Gasteiger charge is -2.35. The number of hydrogen-bond donors (Lipinski definition) is 1. The van der Waals surface area contributed by atoms with Gasteiger partial charge >= 0.3 is 0 Å². The van der Waals surface area contributed by atoms with Crippen LogP contribution in [0.5, 0.6) is 0 Å². The first-order valence-corrected chi connectivity index (χ1v) is 10.9. The maximum atomic E-state index is 12.5. The Kier molecular flexibility index (Phi) is 6.61. The van der Waals surface area contributed by atoms with Crippen molar-refractivity contribution in [1.29, 1.82) is 0 Å². The van der Waals surface area contributed by atoms with Gasteiger partial charge in [-0.25, -0.2) is 13.1 Å². The van der Waals surface area contributed by atoms with Crippen LogP contribution in [0.1, 0.15) is 31.4 Å². The van der Waals surface area contributed by atoms with Crippen molar-refractivity contribution < 1.29 is 17.9 Å². The number of likely N-dealkylation sites (tertiary alicyclic amines) is 1. The third kappa shape index (κ3) is 5.49. The molecule has 0 unspecified atom stereocenters. The van der Waals surface area contributed by atoms with E-state index < -0.39 is 10.0 Å². The van der Waals surface area contributed by atoms with E-state index in [4.69, 9.17) is 4.74 Å². The van der Waals surface area contributed by atoms with Crippen molar-refractivity contribution in [2.24, 2.45) is 11.8 Å². The minimum absolute atomic E-state index is 0.0732. The number of hydrogen-bond acceptors (Lipinski definition) is 5. The summed E-state index contributed by atoms with van der Waals surface area (Å²) in [6.45, 7) is 2.83. The Morgan fingerprint density at radius 1 is 1.19 bits per heavy atom. The molecular weight excluding hydrogens is 354 g/mol. The van der Waals surface area contributed by atoms with Gasteiger partial charge in [0.25, 0.3) is 0 Å². The van der Waals surface area contributed by atoms with Gasteiger partial charge in [0.15, 0.2) is 0 Å². The van der Waals surface area contributed by atoms with Gasteiger partial charge in [-0.2, -0.15) is 0 Å². The minimum Gasteiger partial charge on any atom is -0.381 e. The summed E-state index contributed by atoms with van der Waals surface area (Å²) in [5.41, 5.74) is 0.702. The molecule has 2 fully saturated rings. The molecule has 8 heteroatoms. The van der Waals surface area contributed by atoms with E-state index in [1.54, 1.807) is 18.3 Å². The van der Waals surface area contributed by atoms with E-state index >= 15 is 0 Å². The van der Waals surface area contributed by atoms with Crippen LogP contribution in [0.4, 0.5) is 0 Å². The third-order valence-electron chi connectivity index (χ3n) is 5.15. The number of piperidine rings is 1. The number of carbonyl (C=O) groups is 1. The first kappa shape index (κ1) is 19.3. The van der Waals surface area contributed by atoms with Crippen LogP contribution >= 0.6 is 0 Å². The average Bonchev–Trinajstić information content (AvgIpc) is 2.68. The number of nitrogens with zero attached hydrogens (tertiary/aromatic N) is 2. The molecule has 1 N–H and O–H groups in total. The molecule has 26 heavy (non-hydrogen) atoms. The smallest absolute Gasteiger partial charge is 0.225 e. The van der Waals surface area contributed by atoms with Crippen molar-refractivity contribution >= 4 is 15.9 Å². The molecule has 1 aromatic heterocycles. The van der Waals surface area contributed by atoms with Crippen molar-refractivity contribution in [3.63, 3.8) is 0 Å². The highest BCUT2D eigenvalue weighted by molar-refractivity contribution is 7.89. The molecule has 0 bridgehead atoms. The minimum atomic E-state index is -3.35. The summed E-state index contributed by atoms with van der Waals surface area (Å²) in [6.07, 6.45) is 4.71. The van der Waals surface area contributed by atoms with Crippen molar-refractivity contribution in [2.45, 2.75) is 32.2 Å². The van der Waals surface area contributed by atoms with Crippen LogP contribution in [0.3, 0.4) is 0 Å². The third-order valence-corrected chi connectivity index (χ3v) is 6.65. The molecule has 2 aliphatic rings. The lowest BCUT2D eigenvalue weighted by atomic mass is 9.94. The quantitative estimate of drug-likeness (QED) is 0.799. The summed E-state index contributed by atoms with van der Waals surface area (Å²) in [5, 5.41) is 0. The first-order valence-electron chi connectivity index (χ1n) is 9.27. The number of carbonyl (C=O) groups excluding carboxylic acids is 1. The SMILES string of the molecule is O=C(C1CCOCC1)N1CCC(CS(=O)(=O)NCc2ccccn2)CC1. The van der Waals surface area contributed by atoms with Gasteiger partial charge in [0.2, 0.25) is 15.9 Å². The average molecular weight is 381 g/mol. The van der Waals surface area contributed by atoms with Crippen LogP contribution in [-0.4, -0.2) is 56.3 Å². The van der Waals surface area contributed by atoms with Crippen molar-refractivity contribution in [3.05, 3.63) is 30.1 Å². The topological polar surface area (TPSA) is 88.6 Å². The normalized spacial score (nSPS) is 20.2. The van der Waals surface area contributed by atoms with E-state index in [-0.39, 0.29) is 30.0 Å². The zero-order valence-electron chi connectivity index (χ0n) is 15.0. The Balaban J connectivity index is 1.43.